The molecule has 0 aliphatic carbocycles. The van der Waals surface area contributed by atoms with E-state index in [4.69, 9.17) is 0 Å². The minimum Gasteiger partial charge on any atom is -0.312 e. The molecule has 0 bridgehead atoms. The Morgan fingerprint density at radius 1 is 1.64 bits per heavy atom. The number of aromatic nitrogens is 2. The Morgan fingerprint density at radius 2 is 2.27 bits per heavy atom. The van der Waals surface area contributed by atoms with Gasteiger partial charge in [0.25, 0.3) is 12.0 Å². The SMILES string of the molecule is O=c1[nH]cnc(C(F)F)c1I. The van der Waals surface area contributed by atoms with Crippen LogP contribution in [0.15, 0.2) is 11.1 Å². The second-order valence-corrected chi connectivity index (χ2v) is 2.81. The monoisotopic (exact) mass is 272 g/mol. The minimum atomic E-state index is -2.69. The first-order chi connectivity index (χ1) is 5.13. The summed E-state index contributed by atoms with van der Waals surface area (Å²) >= 11 is 1.53. The lowest BCUT2D eigenvalue weighted by atomic mass is 10.4. The topological polar surface area (TPSA) is 45.8 Å². The molecule has 1 heterocycles. The third kappa shape index (κ3) is 1.73. The lowest BCUT2D eigenvalue weighted by Gasteiger charge is -1.98. The van der Waals surface area contributed by atoms with Crippen molar-refractivity contribution < 1.29 is 8.78 Å². The molecule has 11 heavy (non-hydrogen) atoms. The number of rotatable bonds is 1. The number of halogens is 3. The summed E-state index contributed by atoms with van der Waals surface area (Å²) in [5.41, 5.74) is -0.995. The van der Waals surface area contributed by atoms with E-state index in [9.17, 15) is 13.6 Å². The second kappa shape index (κ2) is 3.24. The Hall–Kier alpha value is -0.530. The van der Waals surface area contributed by atoms with Gasteiger partial charge in [0.05, 0.1) is 6.33 Å². The van der Waals surface area contributed by atoms with Crippen molar-refractivity contribution in [3.05, 3.63) is 25.9 Å². The van der Waals surface area contributed by atoms with Crippen LogP contribution in [0.2, 0.25) is 0 Å². The number of H-pyrrole nitrogens is 1. The predicted octanol–water partition coefficient (Wildman–Crippen LogP) is 1.31. The van der Waals surface area contributed by atoms with Gasteiger partial charge in [0, 0.05) is 0 Å². The average molecular weight is 272 g/mol. The number of alkyl halides is 2. The quantitative estimate of drug-likeness (QED) is 0.783. The third-order valence-corrected chi connectivity index (χ3v) is 2.07. The number of nitrogens with zero attached hydrogens (tertiary/aromatic N) is 1. The Morgan fingerprint density at radius 3 is 2.73 bits per heavy atom. The molecule has 0 unspecified atom stereocenters. The maximum atomic E-state index is 12.0. The molecule has 6 heteroatoms. The molecule has 1 aromatic rings. The molecule has 0 aromatic carbocycles. The Labute approximate surface area is 74.0 Å². The molecule has 0 aliphatic heterocycles. The van der Waals surface area contributed by atoms with E-state index in [0.717, 1.165) is 6.33 Å². The molecule has 0 spiro atoms. The first-order valence-corrected chi connectivity index (χ1v) is 3.72. The fourth-order valence-corrected chi connectivity index (χ4v) is 1.08. The van der Waals surface area contributed by atoms with Crippen LogP contribution in [0.5, 0.6) is 0 Å². The summed E-state index contributed by atoms with van der Waals surface area (Å²) in [7, 11) is 0. The molecule has 1 rings (SSSR count). The van der Waals surface area contributed by atoms with Gasteiger partial charge < -0.3 is 4.98 Å². The van der Waals surface area contributed by atoms with Crippen molar-refractivity contribution in [1.29, 1.82) is 0 Å². The summed E-state index contributed by atoms with van der Waals surface area (Å²) in [6.07, 6.45) is -1.73. The fraction of sp³-hybridized carbons (Fsp3) is 0.200. The zero-order chi connectivity index (χ0) is 8.43. The maximum absolute atomic E-state index is 12.0. The highest BCUT2D eigenvalue weighted by atomic mass is 127. The van der Waals surface area contributed by atoms with Gasteiger partial charge in [-0.3, -0.25) is 4.79 Å². The number of nitrogens with one attached hydrogen (secondary N) is 1. The molecular weight excluding hydrogens is 269 g/mol. The summed E-state index contributed by atoms with van der Waals surface area (Å²) in [4.78, 5) is 16.2. The van der Waals surface area contributed by atoms with E-state index in [1.165, 1.54) is 22.6 Å². The molecule has 0 atom stereocenters. The summed E-state index contributed by atoms with van der Waals surface area (Å²) in [5.74, 6) is 0. The van der Waals surface area contributed by atoms with Gasteiger partial charge in [-0.1, -0.05) is 0 Å². The maximum Gasteiger partial charge on any atom is 0.281 e. The molecule has 60 valence electrons. The molecule has 0 amide bonds. The molecule has 1 aromatic heterocycles. The van der Waals surface area contributed by atoms with E-state index >= 15 is 0 Å². The van der Waals surface area contributed by atoms with E-state index in [-0.39, 0.29) is 3.57 Å². The zero-order valence-corrected chi connectivity index (χ0v) is 7.30. The minimum absolute atomic E-state index is 0.0555. The highest BCUT2D eigenvalue weighted by molar-refractivity contribution is 14.1. The van der Waals surface area contributed by atoms with Crippen molar-refractivity contribution in [3.8, 4) is 0 Å². The molecular formula is C5H3F2IN2O. The van der Waals surface area contributed by atoms with E-state index in [1.54, 1.807) is 0 Å². The first-order valence-electron chi connectivity index (χ1n) is 2.64. The van der Waals surface area contributed by atoms with Crippen LogP contribution in [0.4, 0.5) is 8.78 Å². The molecule has 3 nitrogen and oxygen atoms in total. The van der Waals surface area contributed by atoms with Gasteiger partial charge in [-0.15, -0.1) is 0 Å². The van der Waals surface area contributed by atoms with Crippen LogP contribution in [0, 0.1) is 3.57 Å². The molecule has 0 saturated carbocycles. The van der Waals surface area contributed by atoms with Crippen LogP contribution >= 0.6 is 22.6 Å². The summed E-state index contributed by atoms with van der Waals surface area (Å²) in [6, 6.07) is 0. The van der Waals surface area contributed by atoms with Gasteiger partial charge in [-0.2, -0.15) is 0 Å². The van der Waals surface area contributed by atoms with Gasteiger partial charge in [0.15, 0.2) is 0 Å². The number of aromatic amines is 1. The van der Waals surface area contributed by atoms with E-state index < -0.39 is 17.7 Å². The van der Waals surface area contributed by atoms with Gasteiger partial charge >= 0.3 is 0 Å². The Kier molecular flexibility index (Phi) is 2.53. The average Bonchev–Trinajstić information content (AvgIpc) is 1.94. The smallest absolute Gasteiger partial charge is 0.281 e. The molecule has 1 N–H and O–H groups in total. The predicted molar refractivity (Wildman–Crippen MR) is 42.5 cm³/mol. The van der Waals surface area contributed by atoms with Gasteiger partial charge in [0.2, 0.25) is 0 Å². The molecule has 0 radical (unpaired) electrons. The van der Waals surface area contributed by atoms with Crippen molar-refractivity contribution >= 4 is 22.6 Å². The van der Waals surface area contributed by atoms with Crippen LogP contribution in [0.1, 0.15) is 12.1 Å². The van der Waals surface area contributed by atoms with Gasteiger partial charge in [-0.05, 0) is 22.6 Å². The molecule has 0 aliphatic rings. The summed E-state index contributed by atoms with van der Waals surface area (Å²) < 4.78 is 23.9. The standard InChI is InChI=1S/C5H3F2IN2O/c6-4(7)3-2(8)5(11)10-1-9-3/h1,4H,(H,9,10,11). The van der Waals surface area contributed by atoms with Gasteiger partial charge in [0.1, 0.15) is 9.26 Å². The fourth-order valence-electron chi connectivity index (χ4n) is 0.549. The van der Waals surface area contributed by atoms with Crippen molar-refractivity contribution in [3.63, 3.8) is 0 Å². The normalized spacial score (nSPS) is 10.5. The Balaban J connectivity index is 3.28. The van der Waals surface area contributed by atoms with Crippen molar-refractivity contribution in [1.82, 2.24) is 9.97 Å². The third-order valence-electron chi connectivity index (χ3n) is 1.03. The Bertz CT molecular complexity index is 312. The van der Waals surface area contributed by atoms with Crippen molar-refractivity contribution in [2.75, 3.05) is 0 Å². The van der Waals surface area contributed by atoms with Crippen LogP contribution in [0.25, 0.3) is 0 Å². The molecule has 0 saturated heterocycles. The summed E-state index contributed by atoms with van der Waals surface area (Å²) in [5, 5.41) is 0. The van der Waals surface area contributed by atoms with Crippen molar-refractivity contribution in [2.24, 2.45) is 0 Å². The van der Waals surface area contributed by atoms with Crippen LogP contribution < -0.4 is 5.56 Å². The second-order valence-electron chi connectivity index (χ2n) is 1.73. The van der Waals surface area contributed by atoms with Crippen LogP contribution in [-0.4, -0.2) is 9.97 Å². The summed E-state index contributed by atoms with van der Waals surface area (Å²) in [6.45, 7) is 0. The highest BCUT2D eigenvalue weighted by Crippen LogP contribution is 2.18. The van der Waals surface area contributed by atoms with E-state index in [2.05, 4.69) is 9.97 Å². The lowest BCUT2D eigenvalue weighted by Crippen LogP contribution is -2.13. The first kappa shape index (κ1) is 8.57. The van der Waals surface area contributed by atoms with E-state index in [1.807, 2.05) is 0 Å². The lowest BCUT2D eigenvalue weighted by molar-refractivity contribution is 0.144. The zero-order valence-electron chi connectivity index (χ0n) is 5.14. The largest absolute Gasteiger partial charge is 0.312 e. The number of hydrogen-bond donors (Lipinski definition) is 1. The van der Waals surface area contributed by atoms with Crippen LogP contribution in [0.3, 0.4) is 0 Å². The van der Waals surface area contributed by atoms with Crippen molar-refractivity contribution in [2.45, 2.75) is 6.43 Å². The van der Waals surface area contributed by atoms with Gasteiger partial charge in [-0.25, -0.2) is 13.8 Å². The van der Waals surface area contributed by atoms with Crippen LogP contribution in [-0.2, 0) is 0 Å². The number of hydrogen-bond acceptors (Lipinski definition) is 2. The molecule has 0 fully saturated rings. The highest BCUT2D eigenvalue weighted by Gasteiger charge is 2.14. The van der Waals surface area contributed by atoms with E-state index in [0.29, 0.717) is 0 Å².